The van der Waals surface area contributed by atoms with Crippen LogP contribution in [0.3, 0.4) is 0 Å². The molecule has 0 aromatic carbocycles. The molecule has 1 rings (SSSR count). The topological polar surface area (TPSA) is 75.3 Å². The molecule has 0 aliphatic carbocycles. The van der Waals surface area contributed by atoms with Crippen molar-refractivity contribution >= 4 is 15.7 Å². The highest BCUT2D eigenvalue weighted by molar-refractivity contribution is 7.92. The van der Waals surface area contributed by atoms with E-state index < -0.39 is 9.84 Å². The Hall–Kier alpha value is -0.620. The van der Waals surface area contributed by atoms with Crippen molar-refractivity contribution in [2.24, 2.45) is 0 Å². The lowest BCUT2D eigenvalue weighted by molar-refractivity contribution is -0.120. The van der Waals surface area contributed by atoms with Crippen molar-refractivity contribution in [1.82, 2.24) is 10.6 Å². The van der Waals surface area contributed by atoms with E-state index in [2.05, 4.69) is 10.6 Å². The number of hydrogen-bond donors (Lipinski definition) is 2. The Bertz CT molecular complexity index is 300. The lowest BCUT2D eigenvalue weighted by Crippen LogP contribution is -2.38. The molecule has 1 atom stereocenters. The Kier molecular flexibility index (Phi) is 3.88. The smallest absolute Gasteiger partial charge is 0.233 e. The number of hydrogen-bond acceptors (Lipinski definition) is 4. The van der Waals surface area contributed by atoms with Gasteiger partial charge in [-0.1, -0.05) is 0 Å². The highest BCUT2D eigenvalue weighted by atomic mass is 32.2. The Balaban J connectivity index is 2.35. The summed E-state index contributed by atoms with van der Waals surface area (Å²) in [4.78, 5) is 11.0. The zero-order chi connectivity index (χ0) is 10.6. The molecular weight excluding hydrogens is 204 g/mol. The van der Waals surface area contributed by atoms with Crippen LogP contribution in [-0.4, -0.2) is 45.5 Å². The second kappa shape index (κ2) is 4.75. The molecule has 5 nitrogen and oxygen atoms in total. The average molecular weight is 220 g/mol. The standard InChI is InChI=1S/C8H16N2O3S/c1-9-6-8(11)10-5-7-3-2-4-14(7,12)13/h7,9H,2-6H2,1H3,(H,10,11). The van der Waals surface area contributed by atoms with Gasteiger partial charge in [-0.15, -0.1) is 0 Å². The number of sulfone groups is 1. The highest BCUT2D eigenvalue weighted by Gasteiger charge is 2.31. The number of amides is 1. The largest absolute Gasteiger partial charge is 0.354 e. The summed E-state index contributed by atoms with van der Waals surface area (Å²) < 4.78 is 22.7. The zero-order valence-electron chi connectivity index (χ0n) is 8.25. The first kappa shape index (κ1) is 11.5. The fourth-order valence-electron chi connectivity index (χ4n) is 1.54. The van der Waals surface area contributed by atoms with E-state index >= 15 is 0 Å². The lowest BCUT2D eigenvalue weighted by atomic mass is 10.2. The maximum Gasteiger partial charge on any atom is 0.233 e. The minimum atomic E-state index is -2.93. The molecule has 1 amide bonds. The summed E-state index contributed by atoms with van der Waals surface area (Å²) in [5, 5.41) is 4.93. The number of nitrogens with one attached hydrogen (secondary N) is 2. The normalized spacial score (nSPS) is 24.8. The zero-order valence-corrected chi connectivity index (χ0v) is 9.06. The van der Waals surface area contributed by atoms with Crippen LogP contribution in [0.2, 0.25) is 0 Å². The molecule has 1 aliphatic rings. The van der Waals surface area contributed by atoms with E-state index in [0.29, 0.717) is 6.42 Å². The maximum absolute atomic E-state index is 11.4. The van der Waals surface area contributed by atoms with Crippen LogP contribution in [-0.2, 0) is 14.6 Å². The second-order valence-corrected chi connectivity index (χ2v) is 5.87. The van der Waals surface area contributed by atoms with E-state index in [1.807, 2.05) is 0 Å². The lowest BCUT2D eigenvalue weighted by Gasteiger charge is -2.10. The van der Waals surface area contributed by atoms with E-state index in [1.54, 1.807) is 7.05 Å². The van der Waals surface area contributed by atoms with Crippen LogP contribution in [0.1, 0.15) is 12.8 Å². The van der Waals surface area contributed by atoms with Gasteiger partial charge in [0.2, 0.25) is 5.91 Å². The fourth-order valence-corrected chi connectivity index (χ4v) is 3.30. The third-order valence-electron chi connectivity index (χ3n) is 2.33. The molecule has 1 heterocycles. The molecule has 1 unspecified atom stereocenters. The van der Waals surface area contributed by atoms with E-state index in [1.165, 1.54) is 0 Å². The molecule has 2 N–H and O–H groups in total. The van der Waals surface area contributed by atoms with Gasteiger partial charge in [-0.2, -0.15) is 0 Å². The number of rotatable bonds is 4. The van der Waals surface area contributed by atoms with Gasteiger partial charge in [-0.05, 0) is 19.9 Å². The van der Waals surface area contributed by atoms with Crippen LogP contribution >= 0.6 is 0 Å². The van der Waals surface area contributed by atoms with Crippen molar-refractivity contribution in [2.45, 2.75) is 18.1 Å². The summed E-state index contributed by atoms with van der Waals surface area (Å²) >= 11 is 0. The molecule has 0 bridgehead atoms. The summed E-state index contributed by atoms with van der Waals surface area (Å²) in [6, 6.07) is 0. The van der Waals surface area contributed by atoms with Gasteiger partial charge in [0, 0.05) is 6.54 Å². The Labute approximate surface area is 84.2 Å². The van der Waals surface area contributed by atoms with Crippen molar-refractivity contribution in [2.75, 3.05) is 25.9 Å². The third kappa shape index (κ3) is 2.95. The Morgan fingerprint density at radius 3 is 2.71 bits per heavy atom. The van der Waals surface area contributed by atoms with Gasteiger partial charge in [0.1, 0.15) is 0 Å². The van der Waals surface area contributed by atoms with Crippen LogP contribution in [0.15, 0.2) is 0 Å². The summed E-state index contributed by atoms with van der Waals surface area (Å²) in [6.07, 6.45) is 1.39. The van der Waals surface area contributed by atoms with Gasteiger partial charge in [-0.3, -0.25) is 4.79 Å². The maximum atomic E-state index is 11.4. The minimum absolute atomic E-state index is 0.158. The molecule has 82 valence electrons. The predicted octanol–water partition coefficient (Wildman–Crippen LogP) is -1.10. The quantitative estimate of drug-likeness (QED) is 0.630. The van der Waals surface area contributed by atoms with Crippen LogP contribution in [0.5, 0.6) is 0 Å². The second-order valence-electron chi connectivity index (χ2n) is 3.47. The van der Waals surface area contributed by atoms with Crippen LogP contribution in [0.25, 0.3) is 0 Å². The molecule has 1 fully saturated rings. The van der Waals surface area contributed by atoms with Crippen molar-refractivity contribution in [1.29, 1.82) is 0 Å². The molecule has 6 heteroatoms. The van der Waals surface area contributed by atoms with Crippen LogP contribution in [0, 0.1) is 0 Å². The molecule has 0 saturated carbocycles. The van der Waals surface area contributed by atoms with Crippen molar-refractivity contribution in [3.8, 4) is 0 Å². The van der Waals surface area contributed by atoms with Gasteiger partial charge in [0.25, 0.3) is 0 Å². The molecular formula is C8H16N2O3S. The first-order valence-electron chi connectivity index (χ1n) is 4.69. The monoisotopic (exact) mass is 220 g/mol. The van der Waals surface area contributed by atoms with Crippen molar-refractivity contribution < 1.29 is 13.2 Å². The Morgan fingerprint density at radius 2 is 2.21 bits per heavy atom. The van der Waals surface area contributed by atoms with E-state index in [0.717, 1.165) is 6.42 Å². The molecule has 0 spiro atoms. The predicted molar refractivity (Wildman–Crippen MR) is 53.7 cm³/mol. The van der Waals surface area contributed by atoms with Crippen molar-refractivity contribution in [3.63, 3.8) is 0 Å². The fraction of sp³-hybridized carbons (Fsp3) is 0.875. The molecule has 14 heavy (non-hydrogen) atoms. The van der Waals surface area contributed by atoms with E-state index in [4.69, 9.17) is 0 Å². The number of likely N-dealkylation sites (N-methyl/N-ethyl adjacent to an activating group) is 1. The van der Waals surface area contributed by atoms with E-state index in [9.17, 15) is 13.2 Å². The first-order chi connectivity index (χ1) is 6.56. The molecule has 0 aromatic rings. The number of carbonyl (C=O) groups excluding carboxylic acids is 1. The minimum Gasteiger partial charge on any atom is -0.354 e. The van der Waals surface area contributed by atoms with Gasteiger partial charge >= 0.3 is 0 Å². The molecule has 0 radical (unpaired) electrons. The highest BCUT2D eigenvalue weighted by Crippen LogP contribution is 2.18. The molecule has 1 aliphatic heterocycles. The van der Waals surface area contributed by atoms with E-state index in [-0.39, 0.29) is 30.0 Å². The summed E-state index contributed by atoms with van der Waals surface area (Å²) in [7, 11) is -1.26. The van der Waals surface area contributed by atoms with Gasteiger partial charge in [0.05, 0.1) is 17.5 Å². The van der Waals surface area contributed by atoms with Crippen molar-refractivity contribution in [3.05, 3.63) is 0 Å². The average Bonchev–Trinajstić information content (AvgIpc) is 2.42. The van der Waals surface area contributed by atoms with Crippen LogP contribution in [0.4, 0.5) is 0 Å². The molecule has 0 aromatic heterocycles. The van der Waals surface area contributed by atoms with Gasteiger partial charge in [-0.25, -0.2) is 8.42 Å². The Morgan fingerprint density at radius 1 is 1.50 bits per heavy atom. The number of carbonyl (C=O) groups is 1. The first-order valence-corrected chi connectivity index (χ1v) is 6.40. The van der Waals surface area contributed by atoms with Gasteiger partial charge in [0.15, 0.2) is 9.84 Å². The van der Waals surface area contributed by atoms with Crippen LogP contribution < -0.4 is 10.6 Å². The summed E-state index contributed by atoms with van der Waals surface area (Å²) in [5.74, 6) is 0.106. The third-order valence-corrected chi connectivity index (χ3v) is 4.60. The van der Waals surface area contributed by atoms with Gasteiger partial charge < -0.3 is 10.6 Å². The SMILES string of the molecule is CNCC(=O)NCC1CCCS1(=O)=O. The molecule has 1 saturated heterocycles. The summed E-state index contributed by atoms with van der Waals surface area (Å²) in [6.45, 7) is 0.482. The summed E-state index contributed by atoms with van der Waals surface area (Å²) in [5.41, 5.74) is 0.